The van der Waals surface area contributed by atoms with Gasteiger partial charge in [0.05, 0.1) is 24.4 Å². The second kappa shape index (κ2) is 7.96. The molecule has 0 unspecified atom stereocenters. The zero-order chi connectivity index (χ0) is 19.3. The van der Waals surface area contributed by atoms with E-state index in [1.807, 2.05) is 18.2 Å². The molecule has 0 amide bonds. The molecule has 8 heteroatoms. The summed E-state index contributed by atoms with van der Waals surface area (Å²) in [5, 5.41) is 8.82. The van der Waals surface area contributed by atoms with Crippen LogP contribution in [0.3, 0.4) is 0 Å². The first kappa shape index (κ1) is 17.8. The number of nitrogens with zero attached hydrogens (tertiary/aromatic N) is 7. The fourth-order valence-corrected chi connectivity index (χ4v) is 3.41. The largest absolute Gasteiger partial charge is 0.355 e. The van der Waals surface area contributed by atoms with Crippen LogP contribution in [0.5, 0.6) is 0 Å². The van der Waals surface area contributed by atoms with Gasteiger partial charge in [-0.2, -0.15) is 5.26 Å². The fraction of sp³-hybridized carbons (Fsp3) is 0.300. The Morgan fingerprint density at radius 3 is 2.54 bits per heavy atom. The molecule has 0 spiro atoms. The lowest BCUT2D eigenvalue weighted by Crippen LogP contribution is -2.36. The predicted octanol–water partition coefficient (Wildman–Crippen LogP) is 1.88. The van der Waals surface area contributed by atoms with Gasteiger partial charge in [-0.3, -0.25) is 14.3 Å². The van der Waals surface area contributed by atoms with Gasteiger partial charge in [-0.25, -0.2) is 15.0 Å². The predicted molar refractivity (Wildman–Crippen MR) is 103 cm³/mol. The summed E-state index contributed by atoms with van der Waals surface area (Å²) in [6.45, 7) is 2.36. The van der Waals surface area contributed by atoms with Gasteiger partial charge in [-0.1, -0.05) is 0 Å². The molecular formula is C20H19N7O. The number of piperidine rings is 1. The molecule has 1 aliphatic rings. The van der Waals surface area contributed by atoms with Crippen LogP contribution >= 0.6 is 0 Å². The summed E-state index contributed by atoms with van der Waals surface area (Å²) >= 11 is 0. The van der Waals surface area contributed by atoms with Crippen LogP contribution in [0.4, 0.5) is 5.82 Å². The Bertz CT molecular complexity index is 1030. The number of nitriles is 1. The van der Waals surface area contributed by atoms with Crippen molar-refractivity contribution in [2.45, 2.75) is 19.4 Å². The molecule has 1 aliphatic heterocycles. The van der Waals surface area contributed by atoms with Crippen LogP contribution in [-0.4, -0.2) is 37.6 Å². The van der Waals surface area contributed by atoms with E-state index in [4.69, 9.17) is 5.26 Å². The quantitative estimate of drug-likeness (QED) is 0.688. The lowest BCUT2D eigenvalue weighted by Gasteiger charge is -2.32. The summed E-state index contributed by atoms with van der Waals surface area (Å²) in [5.41, 5.74) is 1.83. The molecule has 8 nitrogen and oxygen atoms in total. The second-order valence-electron chi connectivity index (χ2n) is 6.80. The zero-order valence-electron chi connectivity index (χ0n) is 15.3. The maximum absolute atomic E-state index is 12.5. The van der Waals surface area contributed by atoms with Crippen molar-refractivity contribution in [2.75, 3.05) is 18.0 Å². The van der Waals surface area contributed by atoms with Crippen molar-refractivity contribution in [1.82, 2.24) is 24.5 Å². The first-order chi connectivity index (χ1) is 13.7. The number of hydrogen-bond acceptors (Lipinski definition) is 7. The molecule has 4 rings (SSSR count). The topological polar surface area (TPSA) is 101 Å². The zero-order valence-corrected chi connectivity index (χ0v) is 15.3. The van der Waals surface area contributed by atoms with Crippen LogP contribution in [0.2, 0.25) is 0 Å². The highest BCUT2D eigenvalue weighted by Crippen LogP contribution is 2.22. The van der Waals surface area contributed by atoms with Crippen LogP contribution in [0.1, 0.15) is 18.5 Å². The number of anilines is 1. The maximum atomic E-state index is 12.5. The van der Waals surface area contributed by atoms with Crippen molar-refractivity contribution >= 4 is 5.82 Å². The van der Waals surface area contributed by atoms with E-state index in [1.54, 1.807) is 35.6 Å². The molecule has 3 aromatic rings. The first-order valence-corrected chi connectivity index (χ1v) is 9.17. The summed E-state index contributed by atoms with van der Waals surface area (Å²) < 4.78 is 1.69. The number of hydrogen-bond donors (Lipinski definition) is 0. The van der Waals surface area contributed by atoms with E-state index >= 15 is 0 Å². The minimum absolute atomic E-state index is 0.0396. The van der Waals surface area contributed by atoms with Crippen molar-refractivity contribution in [1.29, 1.82) is 5.26 Å². The molecule has 0 aromatic carbocycles. The van der Waals surface area contributed by atoms with Gasteiger partial charge in [0.1, 0.15) is 11.9 Å². The highest BCUT2D eigenvalue weighted by molar-refractivity contribution is 5.57. The lowest BCUT2D eigenvalue weighted by molar-refractivity contribution is 0.350. The molecular weight excluding hydrogens is 354 g/mol. The minimum atomic E-state index is -0.0396. The number of pyridine rings is 1. The van der Waals surface area contributed by atoms with Crippen LogP contribution in [-0.2, 0) is 6.54 Å². The Morgan fingerprint density at radius 1 is 1.11 bits per heavy atom. The molecule has 0 atom stereocenters. The summed E-state index contributed by atoms with van der Waals surface area (Å²) in [6.07, 6.45) is 10.1. The highest BCUT2D eigenvalue weighted by atomic mass is 16.1. The molecule has 0 radical (unpaired) electrons. The van der Waals surface area contributed by atoms with E-state index in [0.717, 1.165) is 37.3 Å². The van der Waals surface area contributed by atoms with E-state index < -0.39 is 0 Å². The third-order valence-electron chi connectivity index (χ3n) is 5.00. The van der Waals surface area contributed by atoms with E-state index in [0.29, 0.717) is 23.9 Å². The van der Waals surface area contributed by atoms with Gasteiger partial charge in [0.2, 0.25) is 0 Å². The molecule has 4 heterocycles. The normalized spacial score (nSPS) is 14.6. The van der Waals surface area contributed by atoms with E-state index in [9.17, 15) is 4.79 Å². The van der Waals surface area contributed by atoms with Crippen molar-refractivity contribution in [3.63, 3.8) is 0 Å². The van der Waals surface area contributed by atoms with Gasteiger partial charge >= 0.3 is 0 Å². The number of rotatable bonds is 4. The van der Waals surface area contributed by atoms with Gasteiger partial charge in [0.15, 0.2) is 5.69 Å². The van der Waals surface area contributed by atoms with E-state index in [1.165, 1.54) is 6.20 Å². The third-order valence-corrected chi connectivity index (χ3v) is 5.00. The number of aromatic nitrogens is 5. The average molecular weight is 373 g/mol. The smallest absolute Gasteiger partial charge is 0.253 e. The second-order valence-corrected chi connectivity index (χ2v) is 6.80. The molecule has 0 saturated carbocycles. The van der Waals surface area contributed by atoms with Gasteiger partial charge in [-0.05, 0) is 30.9 Å². The van der Waals surface area contributed by atoms with Gasteiger partial charge < -0.3 is 4.90 Å². The Hall–Kier alpha value is -3.60. The fourth-order valence-electron chi connectivity index (χ4n) is 3.41. The molecule has 0 bridgehead atoms. The van der Waals surface area contributed by atoms with Crippen molar-refractivity contribution in [2.24, 2.45) is 5.92 Å². The van der Waals surface area contributed by atoms with Gasteiger partial charge in [0, 0.05) is 43.7 Å². The summed E-state index contributed by atoms with van der Waals surface area (Å²) in [6, 6.07) is 7.24. The minimum Gasteiger partial charge on any atom is -0.355 e. The van der Waals surface area contributed by atoms with Crippen LogP contribution in [0.15, 0.2) is 54.1 Å². The van der Waals surface area contributed by atoms with Gasteiger partial charge in [0.25, 0.3) is 5.56 Å². The van der Waals surface area contributed by atoms with Crippen LogP contribution < -0.4 is 10.5 Å². The van der Waals surface area contributed by atoms with E-state index in [-0.39, 0.29) is 5.56 Å². The molecule has 140 valence electrons. The molecule has 0 aliphatic carbocycles. The Kier molecular flexibility index (Phi) is 5.06. The third kappa shape index (κ3) is 3.88. The van der Waals surface area contributed by atoms with Crippen LogP contribution in [0.25, 0.3) is 11.3 Å². The molecule has 3 aromatic heterocycles. The Labute approximate surface area is 162 Å². The summed E-state index contributed by atoms with van der Waals surface area (Å²) in [7, 11) is 0. The first-order valence-electron chi connectivity index (χ1n) is 9.17. The molecule has 0 N–H and O–H groups in total. The summed E-state index contributed by atoms with van der Waals surface area (Å²) in [5.74, 6) is 1.20. The SMILES string of the molecule is N#Cc1cnc(N2CCC(Cn3cnc(-c4ccncc4)cc3=O)CC2)cn1. The van der Waals surface area contributed by atoms with Crippen molar-refractivity contribution < 1.29 is 0 Å². The molecule has 1 fully saturated rings. The van der Waals surface area contributed by atoms with E-state index in [2.05, 4.69) is 24.8 Å². The van der Waals surface area contributed by atoms with Crippen molar-refractivity contribution in [3.8, 4) is 17.3 Å². The maximum Gasteiger partial charge on any atom is 0.253 e. The monoisotopic (exact) mass is 373 g/mol. The van der Waals surface area contributed by atoms with Crippen LogP contribution in [0, 0.1) is 17.2 Å². The molecule has 1 saturated heterocycles. The van der Waals surface area contributed by atoms with Crippen molar-refractivity contribution in [3.05, 3.63) is 65.4 Å². The lowest BCUT2D eigenvalue weighted by atomic mass is 9.96. The molecule has 28 heavy (non-hydrogen) atoms. The highest BCUT2D eigenvalue weighted by Gasteiger charge is 2.21. The summed E-state index contributed by atoms with van der Waals surface area (Å²) in [4.78, 5) is 31.5. The standard InChI is InChI=1S/C20H19N7O/c21-10-17-11-24-19(12-23-17)26-7-3-15(4-8-26)13-27-14-25-18(9-20(27)28)16-1-5-22-6-2-16/h1-2,5-6,9,11-12,14-15H,3-4,7-8,13H2. The van der Waals surface area contributed by atoms with Gasteiger partial charge in [-0.15, -0.1) is 0 Å². The Morgan fingerprint density at radius 2 is 1.89 bits per heavy atom. The Balaban J connectivity index is 1.38. The average Bonchev–Trinajstić information content (AvgIpc) is 2.76.